The molecule has 0 bridgehead atoms. The van der Waals surface area contributed by atoms with Gasteiger partial charge in [0.2, 0.25) is 5.43 Å². The zero-order valence-corrected chi connectivity index (χ0v) is 21.5. The Hall–Kier alpha value is -3.91. The summed E-state index contributed by atoms with van der Waals surface area (Å²) in [6.45, 7) is 4.39. The highest BCUT2D eigenvalue weighted by Gasteiger charge is 2.16. The maximum Gasteiger partial charge on any atom is 0.341 e. The van der Waals surface area contributed by atoms with Crippen LogP contribution in [-0.4, -0.2) is 34.6 Å². The van der Waals surface area contributed by atoms with E-state index in [1.165, 1.54) is 11.8 Å². The van der Waals surface area contributed by atoms with Gasteiger partial charge in [-0.3, -0.25) is 9.59 Å². The average Bonchev–Trinajstić information content (AvgIpc) is 2.88. The molecule has 1 amide bonds. The van der Waals surface area contributed by atoms with Crippen LogP contribution in [0.4, 0.5) is 5.69 Å². The van der Waals surface area contributed by atoms with Gasteiger partial charge in [-0.1, -0.05) is 43.3 Å². The van der Waals surface area contributed by atoms with E-state index in [1.54, 1.807) is 12.1 Å². The highest BCUT2D eigenvalue weighted by molar-refractivity contribution is 9.10. The van der Waals surface area contributed by atoms with Crippen molar-refractivity contribution in [3.8, 4) is 11.1 Å². The summed E-state index contributed by atoms with van der Waals surface area (Å²) in [5.74, 6) is -1.47. The minimum Gasteiger partial charge on any atom is -0.477 e. The van der Waals surface area contributed by atoms with E-state index in [9.17, 15) is 19.5 Å². The summed E-state index contributed by atoms with van der Waals surface area (Å²) in [5, 5.41) is 15.7. The summed E-state index contributed by atoms with van der Waals surface area (Å²) in [6.07, 6.45) is 2.19. The zero-order valence-electron chi connectivity index (χ0n) is 19.9. The minimum absolute atomic E-state index is 0.183. The standard InChI is InChI=1S/C28H26BrN3O4/c1-3-17-4-6-18(7-5-17)19-8-10-20(11-9-19)27(34)32-16(2)14-30-23-13-12-22-24(25(23)29)26(33)21(15-31-22)28(35)36/h4-13,15-16,30H,3,14H2,1-2H3,(H,31,33)(H,32,34)(H,35,36)/t16-/m0/s1. The van der Waals surface area contributed by atoms with Crippen LogP contribution in [0.15, 0.2) is 76.1 Å². The van der Waals surface area contributed by atoms with E-state index in [2.05, 4.69) is 62.7 Å². The van der Waals surface area contributed by atoms with Crippen molar-refractivity contribution in [3.63, 3.8) is 0 Å². The number of aromatic amines is 1. The fraction of sp³-hybridized carbons (Fsp3) is 0.179. The quantitative estimate of drug-likeness (QED) is 0.234. The lowest BCUT2D eigenvalue weighted by Gasteiger charge is -2.17. The molecule has 4 N–H and O–H groups in total. The van der Waals surface area contributed by atoms with Crippen molar-refractivity contribution >= 4 is 44.4 Å². The number of H-pyrrole nitrogens is 1. The molecule has 0 saturated heterocycles. The van der Waals surface area contributed by atoms with E-state index in [0.717, 1.165) is 17.5 Å². The van der Waals surface area contributed by atoms with Crippen molar-refractivity contribution < 1.29 is 14.7 Å². The normalized spacial score (nSPS) is 11.8. The van der Waals surface area contributed by atoms with Gasteiger partial charge in [0.05, 0.1) is 15.4 Å². The minimum atomic E-state index is -1.29. The molecular weight excluding hydrogens is 522 g/mol. The Morgan fingerprint density at radius 1 is 1.00 bits per heavy atom. The molecule has 1 heterocycles. The van der Waals surface area contributed by atoms with Crippen molar-refractivity contribution in [1.29, 1.82) is 0 Å². The molecule has 1 aromatic heterocycles. The maximum atomic E-state index is 12.7. The number of aryl methyl sites for hydroxylation is 1. The average molecular weight is 548 g/mol. The third-order valence-electron chi connectivity index (χ3n) is 6.03. The number of anilines is 1. The number of aromatic carboxylic acids is 1. The first-order valence-electron chi connectivity index (χ1n) is 11.6. The summed E-state index contributed by atoms with van der Waals surface area (Å²) in [7, 11) is 0. The number of aromatic nitrogens is 1. The molecule has 4 aromatic rings. The third kappa shape index (κ3) is 5.33. The monoisotopic (exact) mass is 547 g/mol. The van der Waals surface area contributed by atoms with Gasteiger partial charge in [-0.15, -0.1) is 0 Å². The first kappa shape index (κ1) is 25.2. The number of fused-ring (bicyclic) bond motifs is 1. The molecule has 0 radical (unpaired) electrons. The van der Waals surface area contributed by atoms with E-state index in [-0.39, 0.29) is 22.9 Å². The summed E-state index contributed by atoms with van der Waals surface area (Å²) >= 11 is 3.42. The lowest BCUT2D eigenvalue weighted by atomic mass is 10.0. The molecule has 1 atom stereocenters. The summed E-state index contributed by atoms with van der Waals surface area (Å²) < 4.78 is 0.463. The Morgan fingerprint density at radius 2 is 1.64 bits per heavy atom. The van der Waals surface area contributed by atoms with Gasteiger partial charge in [0.1, 0.15) is 5.56 Å². The Morgan fingerprint density at radius 3 is 2.25 bits per heavy atom. The molecule has 0 spiro atoms. The molecular formula is C28H26BrN3O4. The number of amides is 1. The topological polar surface area (TPSA) is 111 Å². The van der Waals surface area contributed by atoms with Crippen LogP contribution < -0.4 is 16.1 Å². The Bertz CT molecular complexity index is 1480. The van der Waals surface area contributed by atoms with E-state index >= 15 is 0 Å². The van der Waals surface area contributed by atoms with Crippen LogP contribution in [0.25, 0.3) is 22.0 Å². The molecule has 0 aliphatic carbocycles. The highest BCUT2D eigenvalue weighted by atomic mass is 79.9. The number of carboxylic acids is 1. The Balaban J connectivity index is 1.41. The summed E-state index contributed by atoms with van der Waals surface area (Å²) in [5.41, 5.74) is 4.24. The number of halogens is 1. The van der Waals surface area contributed by atoms with Crippen LogP contribution in [0.2, 0.25) is 0 Å². The lowest BCUT2D eigenvalue weighted by Crippen LogP contribution is -2.37. The second-order valence-electron chi connectivity index (χ2n) is 8.57. The SMILES string of the molecule is CCc1ccc(-c2ccc(C(=O)N[C@@H](C)CNc3ccc4[nH]cc(C(=O)O)c(=O)c4c3Br)cc2)cc1. The predicted octanol–water partition coefficient (Wildman–Crippen LogP) is 5.45. The molecule has 8 heteroatoms. The van der Waals surface area contributed by atoms with Crippen molar-refractivity contribution in [3.05, 3.63) is 98.2 Å². The highest BCUT2D eigenvalue weighted by Crippen LogP contribution is 2.29. The molecule has 0 fully saturated rings. The maximum absolute atomic E-state index is 12.7. The molecule has 0 aliphatic rings. The summed E-state index contributed by atoms with van der Waals surface area (Å²) in [6, 6.07) is 19.2. The predicted molar refractivity (Wildman–Crippen MR) is 146 cm³/mol. The second kappa shape index (κ2) is 10.8. The van der Waals surface area contributed by atoms with Gasteiger partial charge in [0, 0.05) is 30.0 Å². The number of carbonyl (C=O) groups excluding carboxylic acids is 1. The summed E-state index contributed by atoms with van der Waals surface area (Å²) in [4.78, 5) is 39.5. The number of pyridine rings is 1. The lowest BCUT2D eigenvalue weighted by molar-refractivity contribution is 0.0695. The Labute approximate surface area is 216 Å². The van der Waals surface area contributed by atoms with Crippen LogP contribution in [-0.2, 0) is 6.42 Å². The molecule has 0 aliphatic heterocycles. The van der Waals surface area contributed by atoms with E-state index in [0.29, 0.717) is 27.8 Å². The van der Waals surface area contributed by atoms with Gasteiger partial charge in [-0.05, 0) is 70.2 Å². The first-order chi connectivity index (χ1) is 17.3. The van der Waals surface area contributed by atoms with Gasteiger partial charge in [-0.2, -0.15) is 0 Å². The number of carbonyl (C=O) groups is 2. The Kier molecular flexibility index (Phi) is 7.55. The fourth-order valence-electron chi connectivity index (χ4n) is 3.93. The van der Waals surface area contributed by atoms with Gasteiger partial charge < -0.3 is 20.7 Å². The van der Waals surface area contributed by atoms with E-state index in [4.69, 9.17) is 0 Å². The van der Waals surface area contributed by atoms with Crippen molar-refractivity contribution in [2.45, 2.75) is 26.3 Å². The number of hydrogen-bond acceptors (Lipinski definition) is 4. The van der Waals surface area contributed by atoms with Crippen LogP contribution in [0.5, 0.6) is 0 Å². The molecule has 184 valence electrons. The van der Waals surface area contributed by atoms with Crippen molar-refractivity contribution in [2.24, 2.45) is 0 Å². The number of rotatable bonds is 8. The van der Waals surface area contributed by atoms with Crippen molar-refractivity contribution in [2.75, 3.05) is 11.9 Å². The second-order valence-corrected chi connectivity index (χ2v) is 9.36. The number of nitrogens with one attached hydrogen (secondary N) is 3. The zero-order chi connectivity index (χ0) is 25.8. The van der Waals surface area contributed by atoms with Crippen molar-refractivity contribution in [1.82, 2.24) is 10.3 Å². The van der Waals surface area contributed by atoms with Gasteiger partial charge in [0.25, 0.3) is 5.91 Å². The van der Waals surface area contributed by atoms with Gasteiger partial charge in [0.15, 0.2) is 0 Å². The third-order valence-corrected chi connectivity index (χ3v) is 6.86. The van der Waals surface area contributed by atoms with Gasteiger partial charge >= 0.3 is 5.97 Å². The first-order valence-corrected chi connectivity index (χ1v) is 12.4. The molecule has 0 unspecified atom stereocenters. The van der Waals surface area contributed by atoms with E-state index in [1.807, 2.05) is 31.2 Å². The van der Waals surface area contributed by atoms with Crippen LogP contribution >= 0.6 is 15.9 Å². The number of benzene rings is 3. The molecule has 7 nitrogen and oxygen atoms in total. The largest absolute Gasteiger partial charge is 0.477 e. The number of carboxylic acid groups (broad SMARTS) is 1. The van der Waals surface area contributed by atoms with E-state index < -0.39 is 11.4 Å². The molecule has 4 rings (SSSR count). The van der Waals surface area contributed by atoms with Crippen LogP contribution in [0, 0.1) is 0 Å². The number of hydrogen-bond donors (Lipinski definition) is 4. The fourth-order valence-corrected chi connectivity index (χ4v) is 4.60. The van der Waals surface area contributed by atoms with Crippen LogP contribution in [0.1, 0.15) is 40.1 Å². The molecule has 36 heavy (non-hydrogen) atoms. The van der Waals surface area contributed by atoms with Gasteiger partial charge in [-0.25, -0.2) is 4.79 Å². The molecule has 0 saturated carbocycles. The van der Waals surface area contributed by atoms with Crippen LogP contribution in [0.3, 0.4) is 0 Å². The smallest absolute Gasteiger partial charge is 0.341 e. The molecule has 3 aromatic carbocycles.